The topological polar surface area (TPSA) is 291 Å². The van der Waals surface area contributed by atoms with Crippen molar-refractivity contribution in [1.29, 1.82) is 0 Å². The van der Waals surface area contributed by atoms with Crippen LogP contribution < -0.4 is 26.6 Å². The molecular formula is C34H51IN6O12. The number of carbonyl (C=O) groups is 8. The molecule has 0 aliphatic carbocycles. The fourth-order valence-electron chi connectivity index (χ4n) is 4.83. The summed E-state index contributed by atoms with van der Waals surface area (Å²) in [7, 11) is 0. The lowest BCUT2D eigenvalue weighted by Crippen LogP contribution is -2.51. The van der Waals surface area contributed by atoms with E-state index >= 15 is 0 Å². The summed E-state index contributed by atoms with van der Waals surface area (Å²) >= 11 is 2.05. The second kappa shape index (κ2) is 22.5. The van der Waals surface area contributed by atoms with Crippen LogP contribution in [0.15, 0.2) is 18.5 Å². The number of unbranched alkanes of at least 4 members (excludes halogenated alkanes) is 2. The maximum absolute atomic E-state index is 13.1. The molecule has 53 heavy (non-hydrogen) atoms. The Kier molecular flexibility index (Phi) is 19.7. The van der Waals surface area contributed by atoms with Crippen LogP contribution in [-0.2, 0) is 28.8 Å². The van der Waals surface area contributed by atoms with Gasteiger partial charge >= 0.3 is 29.9 Å². The third kappa shape index (κ3) is 18.2. The van der Waals surface area contributed by atoms with Gasteiger partial charge in [-0.05, 0) is 86.4 Å². The molecule has 1 aromatic heterocycles. The molecule has 2 unspecified atom stereocenters. The second-order valence-corrected chi connectivity index (χ2v) is 15.1. The number of nitrogens with zero attached hydrogens (tertiary/aromatic N) is 1. The number of hydrogen-bond acceptors (Lipinski definition) is 9. The fourth-order valence-corrected chi connectivity index (χ4v) is 5.33. The van der Waals surface area contributed by atoms with E-state index in [2.05, 4.69) is 54.2 Å². The summed E-state index contributed by atoms with van der Waals surface area (Å²) in [4.78, 5) is 100. The van der Waals surface area contributed by atoms with Crippen LogP contribution in [0.2, 0.25) is 0 Å². The summed E-state index contributed by atoms with van der Waals surface area (Å²) in [5.74, 6) is -6.34. The first kappa shape index (κ1) is 46.5. The number of carbonyl (C=O) groups excluding carboxylic acids is 4. The maximum atomic E-state index is 13.1. The van der Waals surface area contributed by atoms with Gasteiger partial charge in [0.2, 0.25) is 11.8 Å². The van der Waals surface area contributed by atoms with E-state index in [4.69, 9.17) is 5.11 Å². The Bertz CT molecular complexity index is 1470. The quantitative estimate of drug-likeness (QED) is 0.0505. The Morgan fingerprint density at radius 1 is 0.660 bits per heavy atom. The van der Waals surface area contributed by atoms with Gasteiger partial charge < -0.3 is 47.0 Å². The Balaban J connectivity index is 2.50. The van der Waals surface area contributed by atoms with E-state index in [1.807, 2.05) is 0 Å². The number of pyridine rings is 1. The Morgan fingerprint density at radius 3 is 1.62 bits per heavy atom. The number of carboxylic acid groups (broad SMARTS) is 4. The lowest BCUT2D eigenvalue weighted by atomic mass is 9.78. The van der Waals surface area contributed by atoms with Crippen molar-refractivity contribution >= 4 is 70.2 Å². The smallest absolute Gasteiger partial charge is 0.326 e. The van der Waals surface area contributed by atoms with E-state index in [0.717, 1.165) is 3.57 Å². The Labute approximate surface area is 321 Å². The van der Waals surface area contributed by atoms with E-state index in [1.54, 1.807) is 40.0 Å². The number of aromatic nitrogens is 1. The second-order valence-electron chi connectivity index (χ2n) is 13.9. The first-order valence-corrected chi connectivity index (χ1v) is 18.2. The average Bonchev–Trinajstić information content (AvgIpc) is 3.07. The van der Waals surface area contributed by atoms with Crippen molar-refractivity contribution < 1.29 is 58.8 Å². The number of amides is 5. The summed E-state index contributed by atoms with van der Waals surface area (Å²) in [6, 6.07) is -3.39. The van der Waals surface area contributed by atoms with Crippen molar-refractivity contribution in [3.05, 3.63) is 27.6 Å². The van der Waals surface area contributed by atoms with Crippen molar-refractivity contribution in [3.63, 3.8) is 0 Å². The first-order valence-electron chi connectivity index (χ1n) is 17.1. The van der Waals surface area contributed by atoms with Crippen LogP contribution in [0.5, 0.6) is 0 Å². The molecule has 0 bridgehead atoms. The Hall–Kier alpha value is -4.56. The van der Waals surface area contributed by atoms with Gasteiger partial charge in [0, 0.05) is 46.3 Å². The van der Waals surface area contributed by atoms with E-state index < -0.39 is 71.2 Å². The van der Waals surface area contributed by atoms with Crippen LogP contribution in [0.1, 0.15) is 102 Å². The minimum atomic E-state index is -1.52. The zero-order valence-corrected chi connectivity index (χ0v) is 32.5. The molecule has 0 spiro atoms. The highest BCUT2D eigenvalue weighted by Crippen LogP contribution is 2.31. The van der Waals surface area contributed by atoms with E-state index in [9.17, 15) is 53.7 Å². The average molecular weight is 863 g/mol. The largest absolute Gasteiger partial charge is 0.481 e. The molecule has 296 valence electrons. The van der Waals surface area contributed by atoms with Gasteiger partial charge in [-0.15, -0.1) is 0 Å². The van der Waals surface area contributed by atoms with E-state index in [-0.39, 0.29) is 56.9 Å². The summed E-state index contributed by atoms with van der Waals surface area (Å²) in [5.41, 5.74) is -1.50. The maximum Gasteiger partial charge on any atom is 0.326 e. The van der Waals surface area contributed by atoms with Crippen LogP contribution in [-0.4, -0.2) is 104 Å². The molecule has 0 radical (unpaired) electrons. The van der Waals surface area contributed by atoms with Crippen molar-refractivity contribution in [2.75, 3.05) is 13.1 Å². The number of hydrogen-bond donors (Lipinski definition) is 9. The molecule has 1 aromatic rings. The number of carboxylic acids is 4. The number of nitrogens with one attached hydrogen (secondary N) is 5. The summed E-state index contributed by atoms with van der Waals surface area (Å²) < 4.78 is 0.818. The van der Waals surface area contributed by atoms with Gasteiger partial charge in [-0.25, -0.2) is 19.2 Å². The minimum Gasteiger partial charge on any atom is -0.481 e. The van der Waals surface area contributed by atoms with Gasteiger partial charge in [-0.1, -0.05) is 27.7 Å². The molecule has 0 aliphatic rings. The Morgan fingerprint density at radius 2 is 1.13 bits per heavy atom. The lowest BCUT2D eigenvalue weighted by molar-refractivity contribution is -0.144. The molecule has 19 heteroatoms. The highest BCUT2D eigenvalue weighted by atomic mass is 127. The van der Waals surface area contributed by atoms with Gasteiger partial charge in [-0.3, -0.25) is 24.2 Å². The molecule has 0 aliphatic heterocycles. The number of halogens is 1. The standard InChI is InChI=1S/C34H51IN6O12/c1-33(2,30(51)38-16-8-6-10-23(28(47)48)40-32(53)41-24(29(49)50)11-12-25(42)43)13-14-34(3,4)31(52)39-22(27(45)46)9-5-7-15-37-26(44)20-17-21(35)19-36-18-20/h17-19,22-24H,5-16H2,1-4H3,(H,37,44)(H,38,51)(H,39,52)(H,42,43)(H,45,46)(H,47,48)(H,49,50)(H2,40,41,53)/t22?,23-,24?/m0/s1. The molecule has 3 atom stereocenters. The number of rotatable bonds is 25. The summed E-state index contributed by atoms with van der Waals surface area (Å²) in [6.07, 6.45) is 4.41. The molecule has 1 heterocycles. The zero-order chi connectivity index (χ0) is 40.4. The number of aliphatic carboxylic acids is 4. The highest BCUT2D eigenvalue weighted by molar-refractivity contribution is 14.1. The molecule has 18 nitrogen and oxygen atoms in total. The van der Waals surface area contributed by atoms with Crippen LogP contribution >= 0.6 is 22.6 Å². The van der Waals surface area contributed by atoms with Crippen LogP contribution in [0, 0.1) is 14.4 Å². The number of urea groups is 1. The summed E-state index contributed by atoms with van der Waals surface area (Å²) in [5, 5.41) is 49.5. The van der Waals surface area contributed by atoms with Gasteiger partial charge in [0.15, 0.2) is 0 Å². The fraction of sp³-hybridized carbons (Fsp3) is 0.618. The molecule has 0 saturated heterocycles. The van der Waals surface area contributed by atoms with Crippen LogP contribution in [0.3, 0.4) is 0 Å². The van der Waals surface area contributed by atoms with Crippen LogP contribution in [0.4, 0.5) is 4.79 Å². The van der Waals surface area contributed by atoms with Crippen molar-refractivity contribution in [2.24, 2.45) is 10.8 Å². The normalized spacial score (nSPS) is 13.1. The molecular weight excluding hydrogens is 811 g/mol. The van der Waals surface area contributed by atoms with Gasteiger partial charge in [0.05, 0.1) is 5.56 Å². The van der Waals surface area contributed by atoms with Crippen molar-refractivity contribution in [1.82, 2.24) is 31.6 Å². The highest BCUT2D eigenvalue weighted by Gasteiger charge is 2.35. The predicted molar refractivity (Wildman–Crippen MR) is 198 cm³/mol. The molecule has 1 rings (SSSR count). The SMILES string of the molecule is CC(C)(CCC(C)(C)C(=O)NC(CCCCNC(=O)c1cncc(I)c1)C(=O)O)C(=O)NCCCC[C@H](NC(=O)NC(CCC(=O)O)C(=O)O)C(=O)O. The molecule has 0 saturated carbocycles. The first-order chi connectivity index (χ1) is 24.7. The third-order valence-electron chi connectivity index (χ3n) is 8.44. The molecule has 5 amide bonds. The third-order valence-corrected chi connectivity index (χ3v) is 9.03. The lowest BCUT2D eigenvalue weighted by Gasteiger charge is -2.30. The van der Waals surface area contributed by atoms with Gasteiger partial charge in [-0.2, -0.15) is 0 Å². The molecule has 0 fully saturated rings. The molecule has 9 N–H and O–H groups in total. The van der Waals surface area contributed by atoms with Crippen LogP contribution in [0.25, 0.3) is 0 Å². The zero-order valence-electron chi connectivity index (χ0n) is 30.3. The molecule has 0 aromatic carbocycles. The van der Waals surface area contributed by atoms with E-state index in [0.29, 0.717) is 31.4 Å². The minimum absolute atomic E-state index is 0.0300. The van der Waals surface area contributed by atoms with Crippen molar-refractivity contribution in [3.8, 4) is 0 Å². The van der Waals surface area contributed by atoms with E-state index in [1.165, 1.54) is 6.20 Å². The monoisotopic (exact) mass is 862 g/mol. The predicted octanol–water partition coefficient (Wildman–Crippen LogP) is 2.35. The van der Waals surface area contributed by atoms with Gasteiger partial charge in [0.1, 0.15) is 18.1 Å². The van der Waals surface area contributed by atoms with Gasteiger partial charge in [0.25, 0.3) is 5.91 Å². The summed E-state index contributed by atoms with van der Waals surface area (Å²) in [6.45, 7) is 7.24. The van der Waals surface area contributed by atoms with Crippen molar-refractivity contribution in [2.45, 2.75) is 110 Å².